The van der Waals surface area contributed by atoms with Gasteiger partial charge in [0, 0.05) is 5.69 Å². The Morgan fingerprint density at radius 1 is 1.00 bits per heavy atom. The molecule has 0 aliphatic carbocycles. The Morgan fingerprint density at radius 3 is 2.23 bits per heavy atom. The third kappa shape index (κ3) is 2.94. The first-order valence-corrected chi connectivity index (χ1v) is 10.7. The number of anilines is 2. The summed E-state index contributed by atoms with van der Waals surface area (Å²) in [6.07, 6.45) is 1.20. The van der Waals surface area contributed by atoms with Crippen LogP contribution in [0.1, 0.15) is 33.6 Å². The Kier molecular flexibility index (Phi) is 5.19. The maximum atomic E-state index is 13.5. The van der Waals surface area contributed by atoms with E-state index >= 15 is 0 Å². The highest BCUT2D eigenvalue weighted by atomic mass is 32.2. The highest BCUT2D eigenvalue weighted by Crippen LogP contribution is 2.43. The first-order valence-electron chi connectivity index (χ1n) is 9.15. The Labute approximate surface area is 155 Å². The van der Waals surface area contributed by atoms with E-state index in [2.05, 4.69) is 0 Å². The summed E-state index contributed by atoms with van der Waals surface area (Å²) in [6, 6.07) is 16.1. The van der Waals surface area contributed by atoms with Gasteiger partial charge < -0.3 is 0 Å². The third-order valence-corrected chi connectivity index (χ3v) is 7.83. The van der Waals surface area contributed by atoms with E-state index in [0.717, 1.165) is 0 Å². The van der Waals surface area contributed by atoms with Crippen LogP contribution in [0.15, 0.2) is 59.5 Å². The van der Waals surface area contributed by atoms with Crippen molar-refractivity contribution in [2.24, 2.45) is 11.8 Å². The normalized spacial score (nSPS) is 23.2. The summed E-state index contributed by atoms with van der Waals surface area (Å²) in [6.45, 7) is 5.80. The second-order valence-corrected chi connectivity index (χ2v) is 8.96. The van der Waals surface area contributed by atoms with Crippen LogP contribution in [0.2, 0.25) is 0 Å². The molecule has 4 nitrogen and oxygen atoms in total. The summed E-state index contributed by atoms with van der Waals surface area (Å²) in [5, 5.41) is -0.708. The van der Waals surface area contributed by atoms with Crippen LogP contribution in [0, 0.1) is 11.8 Å². The van der Waals surface area contributed by atoms with Gasteiger partial charge in [0.05, 0.1) is 21.8 Å². The van der Waals surface area contributed by atoms with Gasteiger partial charge in [-0.1, -0.05) is 57.5 Å². The topological polar surface area (TPSA) is 54.5 Å². The SMILES string of the molecule is CCC(C)C1C(CC)C(=O)N(c2ccccc2)c2ccccc2S1(=O)=O. The number of hydrogen-bond acceptors (Lipinski definition) is 3. The van der Waals surface area contributed by atoms with Crippen LogP contribution in [0.5, 0.6) is 0 Å². The van der Waals surface area contributed by atoms with Crippen LogP contribution in [-0.4, -0.2) is 19.6 Å². The predicted octanol–water partition coefficient (Wildman–Crippen LogP) is 4.58. The van der Waals surface area contributed by atoms with Crippen LogP contribution < -0.4 is 4.90 Å². The van der Waals surface area contributed by atoms with Gasteiger partial charge in [0.15, 0.2) is 9.84 Å². The fourth-order valence-corrected chi connectivity index (χ4v) is 6.41. The van der Waals surface area contributed by atoms with E-state index in [-0.39, 0.29) is 16.7 Å². The highest BCUT2D eigenvalue weighted by molar-refractivity contribution is 7.92. The lowest BCUT2D eigenvalue weighted by atomic mass is 9.90. The summed E-state index contributed by atoms with van der Waals surface area (Å²) in [5.74, 6) is -0.808. The minimum atomic E-state index is -3.63. The number of para-hydroxylation sites is 2. The zero-order valence-electron chi connectivity index (χ0n) is 15.4. The van der Waals surface area contributed by atoms with Crippen molar-refractivity contribution in [3.8, 4) is 0 Å². The molecule has 0 radical (unpaired) electrons. The molecule has 3 unspecified atom stereocenters. The van der Waals surface area contributed by atoms with Crippen LogP contribution >= 0.6 is 0 Å². The molecule has 3 atom stereocenters. The molecule has 1 aliphatic heterocycles. The van der Waals surface area contributed by atoms with Gasteiger partial charge >= 0.3 is 0 Å². The Hall–Kier alpha value is -2.14. The van der Waals surface area contributed by atoms with Crippen molar-refractivity contribution in [2.75, 3.05) is 4.90 Å². The number of carbonyl (C=O) groups excluding carboxylic acids is 1. The average molecular weight is 372 g/mol. The molecule has 0 saturated carbocycles. The molecule has 0 spiro atoms. The highest BCUT2D eigenvalue weighted by Gasteiger charge is 2.47. The lowest BCUT2D eigenvalue weighted by Crippen LogP contribution is -2.41. The van der Waals surface area contributed by atoms with Crippen molar-refractivity contribution in [1.29, 1.82) is 0 Å². The minimum Gasteiger partial charge on any atom is -0.279 e. The smallest absolute Gasteiger partial charge is 0.236 e. The van der Waals surface area contributed by atoms with Crippen molar-refractivity contribution in [1.82, 2.24) is 0 Å². The molecule has 2 aromatic rings. The van der Waals surface area contributed by atoms with Gasteiger partial charge in [-0.15, -0.1) is 0 Å². The Balaban J connectivity index is 2.32. The fourth-order valence-electron chi connectivity index (χ4n) is 3.86. The number of hydrogen-bond donors (Lipinski definition) is 0. The van der Waals surface area contributed by atoms with Crippen molar-refractivity contribution in [3.05, 3.63) is 54.6 Å². The van der Waals surface area contributed by atoms with Crippen LogP contribution in [0.25, 0.3) is 0 Å². The van der Waals surface area contributed by atoms with Gasteiger partial charge in [-0.05, 0) is 36.6 Å². The molecule has 138 valence electrons. The van der Waals surface area contributed by atoms with E-state index in [9.17, 15) is 13.2 Å². The van der Waals surface area contributed by atoms with E-state index in [1.54, 1.807) is 29.2 Å². The largest absolute Gasteiger partial charge is 0.279 e. The molecular formula is C21H25NO3S. The second-order valence-electron chi connectivity index (χ2n) is 6.89. The molecule has 0 fully saturated rings. The molecule has 1 amide bonds. The zero-order chi connectivity index (χ0) is 18.9. The molecule has 1 heterocycles. The van der Waals surface area contributed by atoms with E-state index in [1.165, 1.54) is 0 Å². The van der Waals surface area contributed by atoms with Crippen molar-refractivity contribution in [2.45, 2.75) is 43.8 Å². The quantitative estimate of drug-likeness (QED) is 0.790. The zero-order valence-corrected chi connectivity index (χ0v) is 16.2. The van der Waals surface area contributed by atoms with Crippen LogP contribution in [0.4, 0.5) is 11.4 Å². The Morgan fingerprint density at radius 2 is 1.62 bits per heavy atom. The van der Waals surface area contributed by atoms with Gasteiger partial charge in [0.2, 0.25) is 5.91 Å². The van der Waals surface area contributed by atoms with E-state index in [4.69, 9.17) is 0 Å². The first kappa shape index (κ1) is 18.6. The summed E-state index contributed by atoms with van der Waals surface area (Å²) >= 11 is 0. The summed E-state index contributed by atoms with van der Waals surface area (Å²) < 4.78 is 27.1. The monoisotopic (exact) mass is 371 g/mol. The summed E-state index contributed by atoms with van der Waals surface area (Å²) in [7, 11) is -3.63. The number of rotatable bonds is 4. The maximum absolute atomic E-state index is 13.5. The number of nitrogens with zero attached hydrogens (tertiary/aromatic N) is 1. The molecule has 1 aliphatic rings. The van der Waals surface area contributed by atoms with Gasteiger partial charge in [-0.2, -0.15) is 0 Å². The van der Waals surface area contributed by atoms with Crippen molar-refractivity contribution >= 4 is 27.1 Å². The number of amides is 1. The fraction of sp³-hybridized carbons (Fsp3) is 0.381. The molecule has 26 heavy (non-hydrogen) atoms. The molecular weight excluding hydrogens is 346 g/mol. The molecule has 0 bridgehead atoms. The van der Waals surface area contributed by atoms with Gasteiger partial charge in [-0.25, -0.2) is 8.42 Å². The second kappa shape index (κ2) is 7.23. The predicted molar refractivity (Wildman–Crippen MR) is 104 cm³/mol. The Bertz CT molecular complexity index is 892. The number of benzene rings is 2. The molecule has 0 N–H and O–H groups in total. The molecule has 2 aromatic carbocycles. The number of carbonyl (C=O) groups is 1. The summed E-state index contributed by atoms with van der Waals surface area (Å²) in [5.41, 5.74) is 1.15. The molecule has 0 aromatic heterocycles. The van der Waals surface area contributed by atoms with Gasteiger partial charge in [-0.3, -0.25) is 9.69 Å². The van der Waals surface area contributed by atoms with Gasteiger partial charge in [0.1, 0.15) is 0 Å². The third-order valence-electron chi connectivity index (χ3n) is 5.36. The standard InChI is InChI=1S/C21H25NO3S/c1-4-15(3)20-17(5-2)21(23)22(16-11-7-6-8-12-16)18-13-9-10-14-19(18)26(20,24)25/h6-15,17,20H,4-5H2,1-3H3. The summed E-state index contributed by atoms with van der Waals surface area (Å²) in [4.78, 5) is 15.4. The van der Waals surface area contributed by atoms with Crippen LogP contribution in [0.3, 0.4) is 0 Å². The van der Waals surface area contributed by atoms with E-state index in [1.807, 2.05) is 51.1 Å². The maximum Gasteiger partial charge on any atom is 0.236 e. The lowest BCUT2D eigenvalue weighted by molar-refractivity contribution is -0.122. The number of sulfone groups is 1. The van der Waals surface area contributed by atoms with E-state index in [0.29, 0.717) is 24.2 Å². The number of fused-ring (bicyclic) bond motifs is 1. The first-order chi connectivity index (χ1) is 12.4. The molecule has 5 heteroatoms. The average Bonchev–Trinajstić information content (AvgIpc) is 2.73. The molecule has 3 rings (SSSR count). The van der Waals surface area contributed by atoms with Crippen molar-refractivity contribution < 1.29 is 13.2 Å². The van der Waals surface area contributed by atoms with E-state index < -0.39 is 21.0 Å². The van der Waals surface area contributed by atoms with Crippen LogP contribution in [-0.2, 0) is 14.6 Å². The lowest BCUT2D eigenvalue weighted by Gasteiger charge is -2.29. The molecule has 0 saturated heterocycles. The van der Waals surface area contributed by atoms with Crippen molar-refractivity contribution in [3.63, 3.8) is 0 Å². The van der Waals surface area contributed by atoms with Gasteiger partial charge in [0.25, 0.3) is 0 Å². The minimum absolute atomic E-state index is 0.0994.